The standard InChI is InChI=1S/C18H14N2O4S/c1-23-14-7-3-8-15-17(14)13(20-24-15)11-25(21,22)16-9-2-5-12-6-4-10-19-18(12)16/h2-10H,11H2,1H3. The molecule has 4 aromatic rings. The first kappa shape index (κ1) is 15.6. The molecule has 0 fully saturated rings. The molecule has 25 heavy (non-hydrogen) atoms. The van der Waals surface area contributed by atoms with Gasteiger partial charge in [-0.3, -0.25) is 4.98 Å². The molecule has 7 heteroatoms. The normalized spacial score (nSPS) is 11.9. The molecular formula is C18H14N2O4S. The molecule has 2 aromatic carbocycles. The van der Waals surface area contributed by atoms with Gasteiger partial charge >= 0.3 is 0 Å². The maximum Gasteiger partial charge on any atom is 0.186 e. The Hall–Kier alpha value is -2.93. The third-order valence-corrected chi connectivity index (χ3v) is 5.66. The van der Waals surface area contributed by atoms with E-state index in [0.717, 1.165) is 5.39 Å². The van der Waals surface area contributed by atoms with Gasteiger partial charge in [0.05, 0.1) is 22.9 Å². The Morgan fingerprint density at radius 2 is 1.88 bits per heavy atom. The van der Waals surface area contributed by atoms with Crippen LogP contribution in [0.2, 0.25) is 0 Å². The van der Waals surface area contributed by atoms with Gasteiger partial charge in [0.1, 0.15) is 17.2 Å². The van der Waals surface area contributed by atoms with Crippen molar-refractivity contribution in [3.8, 4) is 5.75 Å². The Kier molecular flexibility index (Phi) is 3.65. The van der Waals surface area contributed by atoms with Crippen molar-refractivity contribution in [3.05, 3.63) is 60.4 Å². The number of aromatic nitrogens is 2. The number of sulfone groups is 1. The van der Waals surface area contributed by atoms with Crippen LogP contribution in [0.15, 0.2) is 64.1 Å². The lowest BCUT2D eigenvalue weighted by atomic mass is 10.2. The number of hydrogen-bond acceptors (Lipinski definition) is 6. The highest BCUT2D eigenvalue weighted by molar-refractivity contribution is 7.90. The Balaban J connectivity index is 1.85. The van der Waals surface area contributed by atoms with Crippen molar-refractivity contribution in [3.63, 3.8) is 0 Å². The van der Waals surface area contributed by atoms with E-state index in [9.17, 15) is 8.42 Å². The molecule has 126 valence electrons. The van der Waals surface area contributed by atoms with E-state index in [1.54, 1.807) is 42.6 Å². The average Bonchev–Trinajstić information content (AvgIpc) is 3.03. The van der Waals surface area contributed by atoms with Gasteiger partial charge in [-0.2, -0.15) is 0 Å². The lowest BCUT2D eigenvalue weighted by Crippen LogP contribution is -2.07. The molecule has 0 aliphatic heterocycles. The summed E-state index contributed by atoms with van der Waals surface area (Å²) in [4.78, 5) is 4.40. The van der Waals surface area contributed by atoms with Gasteiger partial charge in [0, 0.05) is 11.6 Å². The van der Waals surface area contributed by atoms with Crippen LogP contribution in [0.3, 0.4) is 0 Å². The van der Waals surface area contributed by atoms with Crippen LogP contribution in [-0.2, 0) is 15.6 Å². The first-order valence-corrected chi connectivity index (χ1v) is 9.23. The first-order chi connectivity index (χ1) is 12.1. The molecule has 0 unspecified atom stereocenters. The number of hydrogen-bond donors (Lipinski definition) is 0. The van der Waals surface area contributed by atoms with Crippen LogP contribution in [-0.4, -0.2) is 25.7 Å². The zero-order valence-corrected chi connectivity index (χ0v) is 14.2. The van der Waals surface area contributed by atoms with Crippen LogP contribution in [0.1, 0.15) is 5.69 Å². The van der Waals surface area contributed by atoms with Crippen molar-refractivity contribution in [2.45, 2.75) is 10.6 Å². The fourth-order valence-corrected chi connectivity index (χ4v) is 4.34. The van der Waals surface area contributed by atoms with Gasteiger partial charge < -0.3 is 9.26 Å². The summed E-state index contributed by atoms with van der Waals surface area (Å²) >= 11 is 0. The minimum absolute atomic E-state index is 0.177. The fourth-order valence-electron chi connectivity index (χ4n) is 2.87. The highest BCUT2D eigenvalue weighted by Crippen LogP contribution is 2.31. The quantitative estimate of drug-likeness (QED) is 0.559. The van der Waals surface area contributed by atoms with Crippen LogP contribution in [0.25, 0.3) is 21.9 Å². The predicted octanol–water partition coefficient (Wildman–Crippen LogP) is 3.36. The summed E-state index contributed by atoms with van der Waals surface area (Å²) in [6.07, 6.45) is 1.58. The van der Waals surface area contributed by atoms with Crippen LogP contribution < -0.4 is 4.74 Å². The molecule has 0 amide bonds. The molecule has 6 nitrogen and oxygen atoms in total. The number of benzene rings is 2. The summed E-state index contributed by atoms with van der Waals surface area (Å²) in [7, 11) is -2.14. The maximum absolute atomic E-state index is 13.0. The summed E-state index contributed by atoms with van der Waals surface area (Å²) in [5.74, 6) is 0.232. The Morgan fingerprint density at radius 1 is 1.08 bits per heavy atom. The van der Waals surface area contributed by atoms with Crippen molar-refractivity contribution < 1.29 is 17.7 Å². The van der Waals surface area contributed by atoms with E-state index >= 15 is 0 Å². The minimum Gasteiger partial charge on any atom is -0.496 e. The molecule has 4 rings (SSSR count). The van der Waals surface area contributed by atoms with Gasteiger partial charge in [-0.15, -0.1) is 0 Å². The zero-order chi connectivity index (χ0) is 17.4. The number of pyridine rings is 1. The molecule has 0 radical (unpaired) electrons. The third kappa shape index (κ3) is 2.62. The summed E-state index contributed by atoms with van der Waals surface area (Å²) in [6, 6.07) is 13.9. The van der Waals surface area contributed by atoms with Gasteiger partial charge in [-0.1, -0.05) is 29.4 Å². The van der Waals surface area contributed by atoms with Gasteiger partial charge in [0.2, 0.25) is 0 Å². The number of rotatable bonds is 4. The molecule has 0 aliphatic carbocycles. The minimum atomic E-state index is -3.67. The molecular weight excluding hydrogens is 340 g/mol. The smallest absolute Gasteiger partial charge is 0.186 e. The number of fused-ring (bicyclic) bond motifs is 2. The van der Waals surface area contributed by atoms with Crippen LogP contribution >= 0.6 is 0 Å². The van der Waals surface area contributed by atoms with Crippen molar-refractivity contribution in [1.29, 1.82) is 0 Å². The number of methoxy groups -OCH3 is 1. The number of para-hydroxylation sites is 1. The summed E-state index contributed by atoms with van der Waals surface area (Å²) < 4.78 is 36.5. The molecule has 0 atom stereocenters. The van der Waals surface area contributed by atoms with E-state index in [-0.39, 0.29) is 10.6 Å². The van der Waals surface area contributed by atoms with Crippen molar-refractivity contribution in [2.24, 2.45) is 0 Å². The van der Waals surface area contributed by atoms with Gasteiger partial charge in [0.25, 0.3) is 0 Å². The van der Waals surface area contributed by atoms with Crippen molar-refractivity contribution in [1.82, 2.24) is 10.1 Å². The highest BCUT2D eigenvalue weighted by Gasteiger charge is 2.24. The fraction of sp³-hybridized carbons (Fsp3) is 0.111. The lowest BCUT2D eigenvalue weighted by molar-refractivity contribution is 0.419. The molecule has 2 heterocycles. The van der Waals surface area contributed by atoms with Crippen LogP contribution in [0.5, 0.6) is 5.75 Å². The lowest BCUT2D eigenvalue weighted by Gasteiger charge is -2.07. The molecule has 0 saturated carbocycles. The summed E-state index contributed by atoms with van der Waals surface area (Å²) in [5, 5.41) is 5.28. The van der Waals surface area contributed by atoms with E-state index in [2.05, 4.69) is 10.1 Å². The monoisotopic (exact) mass is 354 g/mol. The van der Waals surface area contributed by atoms with Crippen molar-refractivity contribution in [2.75, 3.05) is 7.11 Å². The maximum atomic E-state index is 13.0. The van der Waals surface area contributed by atoms with Gasteiger partial charge in [0.15, 0.2) is 15.4 Å². The number of ether oxygens (including phenoxy) is 1. The van der Waals surface area contributed by atoms with E-state index in [1.165, 1.54) is 7.11 Å². The van der Waals surface area contributed by atoms with Crippen LogP contribution in [0.4, 0.5) is 0 Å². The van der Waals surface area contributed by atoms with E-state index in [4.69, 9.17) is 9.26 Å². The largest absolute Gasteiger partial charge is 0.496 e. The second-order valence-electron chi connectivity index (χ2n) is 5.55. The Labute approximate surface area is 144 Å². The summed E-state index contributed by atoms with van der Waals surface area (Å²) in [6.45, 7) is 0. The first-order valence-electron chi connectivity index (χ1n) is 7.58. The molecule has 2 aromatic heterocycles. The third-order valence-electron chi connectivity index (χ3n) is 4.01. The molecule has 0 bridgehead atoms. The van der Waals surface area contributed by atoms with Crippen molar-refractivity contribution >= 4 is 31.7 Å². The van der Waals surface area contributed by atoms with Gasteiger partial charge in [-0.25, -0.2) is 8.42 Å². The highest BCUT2D eigenvalue weighted by atomic mass is 32.2. The second kappa shape index (κ2) is 5.86. The average molecular weight is 354 g/mol. The van der Waals surface area contributed by atoms with Crippen LogP contribution in [0, 0.1) is 0 Å². The second-order valence-corrected chi connectivity index (χ2v) is 7.51. The molecule has 0 N–H and O–H groups in total. The SMILES string of the molecule is COc1cccc2onc(CS(=O)(=O)c3cccc4cccnc34)c12. The Morgan fingerprint density at radius 3 is 2.72 bits per heavy atom. The number of nitrogens with zero attached hydrogens (tertiary/aromatic N) is 2. The van der Waals surface area contributed by atoms with E-state index < -0.39 is 9.84 Å². The van der Waals surface area contributed by atoms with Gasteiger partial charge in [-0.05, 0) is 24.3 Å². The Bertz CT molecular complexity index is 1180. The summed E-state index contributed by atoms with van der Waals surface area (Å²) in [5.41, 5.74) is 1.26. The molecule has 0 saturated heterocycles. The molecule has 0 aliphatic rings. The zero-order valence-electron chi connectivity index (χ0n) is 13.3. The topological polar surface area (TPSA) is 82.3 Å². The van der Waals surface area contributed by atoms with E-state index in [1.807, 2.05) is 12.1 Å². The molecule has 0 spiro atoms. The van der Waals surface area contributed by atoms with E-state index in [0.29, 0.717) is 27.9 Å². The predicted molar refractivity (Wildman–Crippen MR) is 93.2 cm³/mol.